The highest BCUT2D eigenvalue weighted by atomic mass is 16.5. The summed E-state index contributed by atoms with van der Waals surface area (Å²) in [6.07, 6.45) is 7.49. The van der Waals surface area contributed by atoms with E-state index < -0.39 is 0 Å². The van der Waals surface area contributed by atoms with E-state index in [1.807, 2.05) is 30.3 Å². The van der Waals surface area contributed by atoms with Crippen molar-refractivity contribution in [2.45, 2.75) is 96.5 Å². The summed E-state index contributed by atoms with van der Waals surface area (Å²) in [5, 5.41) is 9.36. The highest BCUT2D eigenvalue weighted by Crippen LogP contribution is 2.43. The molecule has 190 valence electrons. The van der Waals surface area contributed by atoms with Gasteiger partial charge < -0.3 is 9.84 Å². The zero-order valence-corrected chi connectivity index (χ0v) is 21.7. The average Bonchev–Trinajstić information content (AvgIpc) is 2.86. The van der Waals surface area contributed by atoms with Crippen LogP contribution in [-0.2, 0) is 21.6 Å². The summed E-state index contributed by atoms with van der Waals surface area (Å²) in [5.74, 6) is 0.542. The number of hydrogen-bond acceptors (Lipinski definition) is 4. The number of hydrogen-bond donors (Lipinski definition) is 1. The Labute approximate surface area is 211 Å². The SMILES string of the molecule is CCCCCCC(C)(C)c1ccc(C2CC(=O)CCC2C(=O)CCO)c(OCc2ccccc2)c1. The second-order valence-electron chi connectivity index (χ2n) is 10.7. The van der Waals surface area contributed by atoms with Crippen LogP contribution in [0.4, 0.5) is 0 Å². The average molecular weight is 479 g/mol. The fraction of sp³-hybridized carbons (Fsp3) is 0.548. The summed E-state index contributed by atoms with van der Waals surface area (Å²) in [6.45, 7) is 7.08. The quantitative estimate of drug-likeness (QED) is 0.317. The molecule has 0 saturated heterocycles. The molecule has 0 amide bonds. The Morgan fingerprint density at radius 1 is 1.09 bits per heavy atom. The number of benzene rings is 2. The van der Waals surface area contributed by atoms with Gasteiger partial charge in [0.2, 0.25) is 0 Å². The van der Waals surface area contributed by atoms with Crippen LogP contribution in [0.5, 0.6) is 5.75 Å². The Morgan fingerprint density at radius 2 is 1.86 bits per heavy atom. The molecule has 0 heterocycles. The largest absolute Gasteiger partial charge is 0.489 e. The second kappa shape index (κ2) is 13.0. The van der Waals surface area contributed by atoms with Crippen LogP contribution in [0.25, 0.3) is 0 Å². The molecule has 2 aromatic rings. The molecule has 0 aromatic heterocycles. The number of Topliss-reactive ketones (excluding diaryl/α,β-unsaturated/α-hetero) is 2. The maximum Gasteiger partial charge on any atom is 0.138 e. The summed E-state index contributed by atoms with van der Waals surface area (Å²) in [6, 6.07) is 16.5. The van der Waals surface area contributed by atoms with Crippen LogP contribution >= 0.6 is 0 Å². The molecular formula is C31H42O4. The molecule has 0 aliphatic heterocycles. The van der Waals surface area contributed by atoms with E-state index in [4.69, 9.17) is 4.74 Å². The van der Waals surface area contributed by atoms with E-state index in [0.717, 1.165) is 23.3 Å². The highest BCUT2D eigenvalue weighted by Gasteiger charge is 2.36. The van der Waals surface area contributed by atoms with Crippen LogP contribution in [0.15, 0.2) is 48.5 Å². The zero-order valence-electron chi connectivity index (χ0n) is 21.7. The Hall–Kier alpha value is -2.46. The highest BCUT2D eigenvalue weighted by molar-refractivity contribution is 5.87. The van der Waals surface area contributed by atoms with Gasteiger partial charge in [-0.15, -0.1) is 0 Å². The van der Waals surface area contributed by atoms with Gasteiger partial charge in [0.1, 0.15) is 23.9 Å². The fourth-order valence-electron chi connectivity index (χ4n) is 5.27. The van der Waals surface area contributed by atoms with E-state index in [2.05, 4.69) is 39.0 Å². The number of aliphatic hydroxyl groups is 1. The van der Waals surface area contributed by atoms with E-state index >= 15 is 0 Å². The topological polar surface area (TPSA) is 63.6 Å². The van der Waals surface area contributed by atoms with Gasteiger partial charge in [-0.1, -0.05) is 88.9 Å². The molecule has 35 heavy (non-hydrogen) atoms. The lowest BCUT2D eigenvalue weighted by molar-refractivity contribution is -0.128. The van der Waals surface area contributed by atoms with Crippen molar-refractivity contribution in [3.63, 3.8) is 0 Å². The minimum atomic E-state index is -0.258. The number of rotatable bonds is 13. The van der Waals surface area contributed by atoms with Crippen molar-refractivity contribution in [2.24, 2.45) is 5.92 Å². The summed E-state index contributed by atoms with van der Waals surface area (Å²) >= 11 is 0. The van der Waals surface area contributed by atoms with E-state index in [0.29, 0.717) is 25.9 Å². The summed E-state index contributed by atoms with van der Waals surface area (Å²) < 4.78 is 6.41. The molecule has 1 N–H and O–H groups in total. The second-order valence-corrected chi connectivity index (χ2v) is 10.7. The molecule has 1 aliphatic rings. The van der Waals surface area contributed by atoms with Gasteiger partial charge in [0.05, 0.1) is 0 Å². The molecule has 1 saturated carbocycles. The predicted molar refractivity (Wildman–Crippen MR) is 141 cm³/mol. The Morgan fingerprint density at radius 3 is 2.57 bits per heavy atom. The van der Waals surface area contributed by atoms with Gasteiger partial charge in [0.25, 0.3) is 0 Å². The third-order valence-electron chi connectivity index (χ3n) is 7.53. The van der Waals surface area contributed by atoms with Crippen LogP contribution in [0.3, 0.4) is 0 Å². The molecule has 0 bridgehead atoms. The first kappa shape index (κ1) is 27.1. The van der Waals surface area contributed by atoms with Crippen LogP contribution in [0, 0.1) is 5.92 Å². The maximum absolute atomic E-state index is 12.9. The molecule has 3 rings (SSSR count). The van der Waals surface area contributed by atoms with E-state index in [9.17, 15) is 14.7 Å². The number of carbonyl (C=O) groups is 2. The van der Waals surface area contributed by atoms with Crippen LogP contribution in [-0.4, -0.2) is 23.3 Å². The monoisotopic (exact) mass is 478 g/mol. The maximum atomic E-state index is 12.9. The van der Waals surface area contributed by atoms with Crippen molar-refractivity contribution in [3.05, 3.63) is 65.2 Å². The molecule has 4 heteroatoms. The first-order valence-corrected chi connectivity index (χ1v) is 13.3. The van der Waals surface area contributed by atoms with Crippen molar-refractivity contribution in [1.82, 2.24) is 0 Å². The smallest absolute Gasteiger partial charge is 0.138 e. The molecule has 0 spiro atoms. The first-order chi connectivity index (χ1) is 16.9. The van der Waals surface area contributed by atoms with Gasteiger partial charge in [0, 0.05) is 37.7 Å². The van der Waals surface area contributed by atoms with Crippen molar-refractivity contribution in [2.75, 3.05) is 6.61 Å². The lowest BCUT2D eigenvalue weighted by Gasteiger charge is -2.33. The summed E-state index contributed by atoms with van der Waals surface area (Å²) in [5.41, 5.74) is 3.25. The van der Waals surface area contributed by atoms with Crippen LogP contribution in [0.2, 0.25) is 0 Å². The molecular weight excluding hydrogens is 436 g/mol. The Kier molecular flexibility index (Phi) is 10.1. The zero-order chi connectivity index (χ0) is 25.3. The minimum absolute atomic E-state index is 0.00558. The number of carbonyl (C=O) groups excluding carboxylic acids is 2. The van der Waals surface area contributed by atoms with Gasteiger partial charge in [-0.3, -0.25) is 9.59 Å². The molecule has 2 unspecified atom stereocenters. The third-order valence-corrected chi connectivity index (χ3v) is 7.53. The standard InChI is InChI=1S/C31H42O4/c1-4-5-6-10-18-31(2,3)24-13-15-27(30(20-24)35-22-23-11-8-7-9-12-23)28-21-25(33)14-16-26(28)29(34)17-19-32/h7-9,11-13,15,20,26,28,32H,4-6,10,14,16-19,21-22H2,1-3H3. The molecule has 2 atom stereocenters. The van der Waals surface area contributed by atoms with Crippen molar-refractivity contribution in [3.8, 4) is 5.75 Å². The lowest BCUT2D eigenvalue weighted by atomic mass is 9.71. The normalized spacial score (nSPS) is 18.5. The summed E-state index contributed by atoms with van der Waals surface area (Å²) in [7, 11) is 0. The Balaban J connectivity index is 1.93. The van der Waals surface area contributed by atoms with Crippen molar-refractivity contribution < 1.29 is 19.4 Å². The van der Waals surface area contributed by atoms with E-state index in [-0.39, 0.29) is 41.8 Å². The van der Waals surface area contributed by atoms with E-state index in [1.54, 1.807) is 0 Å². The number of ether oxygens (including phenoxy) is 1. The lowest BCUT2D eigenvalue weighted by Crippen LogP contribution is -2.30. The molecule has 2 aromatic carbocycles. The first-order valence-electron chi connectivity index (χ1n) is 13.3. The van der Waals surface area contributed by atoms with Gasteiger partial charge in [-0.05, 0) is 41.0 Å². The number of ketones is 2. The Bertz CT molecular complexity index is 963. The molecule has 1 fully saturated rings. The van der Waals surface area contributed by atoms with E-state index in [1.165, 1.54) is 31.2 Å². The summed E-state index contributed by atoms with van der Waals surface area (Å²) in [4.78, 5) is 25.3. The fourth-order valence-corrected chi connectivity index (χ4v) is 5.27. The minimum Gasteiger partial charge on any atom is -0.489 e. The number of unbranched alkanes of at least 4 members (excludes halogenated alkanes) is 3. The third kappa shape index (κ3) is 7.51. The van der Waals surface area contributed by atoms with Gasteiger partial charge in [-0.25, -0.2) is 0 Å². The van der Waals surface area contributed by atoms with Crippen LogP contribution in [0.1, 0.15) is 101 Å². The number of aliphatic hydroxyl groups excluding tert-OH is 1. The van der Waals surface area contributed by atoms with Gasteiger partial charge in [-0.2, -0.15) is 0 Å². The molecule has 4 nitrogen and oxygen atoms in total. The van der Waals surface area contributed by atoms with Crippen molar-refractivity contribution >= 4 is 11.6 Å². The molecule has 0 radical (unpaired) electrons. The molecule has 1 aliphatic carbocycles. The van der Waals surface area contributed by atoms with Gasteiger partial charge in [0.15, 0.2) is 0 Å². The van der Waals surface area contributed by atoms with Crippen LogP contribution < -0.4 is 4.74 Å². The van der Waals surface area contributed by atoms with Gasteiger partial charge >= 0.3 is 0 Å². The predicted octanol–water partition coefficient (Wildman–Crippen LogP) is 6.92. The van der Waals surface area contributed by atoms with Crippen molar-refractivity contribution in [1.29, 1.82) is 0 Å².